The molecular weight excluding hydrogens is 198 g/mol. The Morgan fingerprint density at radius 2 is 1.93 bits per heavy atom. The summed E-state index contributed by atoms with van der Waals surface area (Å²) in [7, 11) is -2.87. The highest BCUT2D eigenvalue weighted by Crippen LogP contribution is 2.43. The fraction of sp³-hybridized carbons (Fsp3) is 1.00. The topological polar surface area (TPSA) is 60.2 Å². The third-order valence-corrected chi connectivity index (χ3v) is 5.69. The maximum absolute atomic E-state index is 11.6. The van der Waals surface area contributed by atoms with E-state index < -0.39 is 9.84 Å². The number of sulfone groups is 1. The standard InChI is InChI=1S/C10H21NO2S/c1-9(2)14(12,13)7-6-10(8-11)4-3-5-10/h9H,3-8,11H2,1-2H3. The lowest BCUT2D eigenvalue weighted by molar-refractivity contribution is 0.139. The third-order valence-electron chi connectivity index (χ3n) is 3.48. The van der Waals surface area contributed by atoms with Gasteiger partial charge in [-0.05, 0) is 45.1 Å². The molecule has 0 heterocycles. The van der Waals surface area contributed by atoms with Crippen molar-refractivity contribution in [2.24, 2.45) is 11.1 Å². The van der Waals surface area contributed by atoms with Crippen LogP contribution in [0.4, 0.5) is 0 Å². The minimum Gasteiger partial charge on any atom is -0.330 e. The Morgan fingerprint density at radius 1 is 1.36 bits per heavy atom. The van der Waals surface area contributed by atoms with Gasteiger partial charge in [-0.1, -0.05) is 6.42 Å². The first-order valence-electron chi connectivity index (χ1n) is 5.33. The molecule has 0 aromatic heterocycles. The van der Waals surface area contributed by atoms with Crippen LogP contribution >= 0.6 is 0 Å². The molecule has 0 aromatic rings. The van der Waals surface area contributed by atoms with E-state index in [2.05, 4.69) is 0 Å². The molecule has 1 fully saturated rings. The second-order valence-electron chi connectivity index (χ2n) is 4.72. The van der Waals surface area contributed by atoms with Gasteiger partial charge in [-0.15, -0.1) is 0 Å². The van der Waals surface area contributed by atoms with Crippen molar-refractivity contribution in [3.8, 4) is 0 Å². The maximum atomic E-state index is 11.6. The Labute approximate surface area is 87.0 Å². The molecule has 0 radical (unpaired) electrons. The summed E-state index contributed by atoms with van der Waals surface area (Å²) in [5, 5.41) is -0.252. The zero-order valence-corrected chi connectivity index (χ0v) is 9.94. The van der Waals surface area contributed by atoms with Crippen LogP contribution in [0.2, 0.25) is 0 Å². The highest BCUT2D eigenvalue weighted by Gasteiger charge is 2.36. The molecule has 0 spiro atoms. The highest BCUT2D eigenvalue weighted by atomic mass is 32.2. The van der Waals surface area contributed by atoms with E-state index in [0.29, 0.717) is 12.3 Å². The van der Waals surface area contributed by atoms with Crippen LogP contribution in [0.1, 0.15) is 39.5 Å². The van der Waals surface area contributed by atoms with Gasteiger partial charge in [-0.25, -0.2) is 8.42 Å². The Kier molecular flexibility index (Phi) is 3.58. The normalized spacial score (nSPS) is 20.9. The molecule has 4 heteroatoms. The van der Waals surface area contributed by atoms with Gasteiger partial charge in [-0.3, -0.25) is 0 Å². The number of hydrogen-bond acceptors (Lipinski definition) is 3. The van der Waals surface area contributed by atoms with Crippen molar-refractivity contribution in [1.82, 2.24) is 0 Å². The van der Waals surface area contributed by atoms with Gasteiger partial charge in [-0.2, -0.15) is 0 Å². The fourth-order valence-corrected chi connectivity index (χ4v) is 3.02. The summed E-state index contributed by atoms with van der Waals surface area (Å²) in [6, 6.07) is 0. The van der Waals surface area contributed by atoms with E-state index in [1.165, 1.54) is 6.42 Å². The van der Waals surface area contributed by atoms with E-state index in [0.717, 1.165) is 19.3 Å². The largest absolute Gasteiger partial charge is 0.330 e. The molecular formula is C10H21NO2S. The summed E-state index contributed by atoms with van der Waals surface area (Å²) in [5.41, 5.74) is 5.83. The molecule has 0 aromatic carbocycles. The van der Waals surface area contributed by atoms with Gasteiger partial charge in [0.2, 0.25) is 0 Å². The lowest BCUT2D eigenvalue weighted by atomic mass is 9.67. The van der Waals surface area contributed by atoms with Crippen LogP contribution in [0.5, 0.6) is 0 Å². The molecule has 0 aliphatic heterocycles. The summed E-state index contributed by atoms with van der Waals surface area (Å²) >= 11 is 0. The second kappa shape index (κ2) is 4.19. The Hall–Kier alpha value is -0.0900. The molecule has 84 valence electrons. The quantitative estimate of drug-likeness (QED) is 0.759. The predicted molar refractivity (Wildman–Crippen MR) is 58.9 cm³/mol. The average molecular weight is 219 g/mol. The lowest BCUT2D eigenvalue weighted by Crippen LogP contribution is -2.39. The first-order valence-corrected chi connectivity index (χ1v) is 7.05. The van der Waals surface area contributed by atoms with Crippen LogP contribution < -0.4 is 5.73 Å². The molecule has 1 rings (SSSR count). The van der Waals surface area contributed by atoms with Crippen LogP contribution in [-0.4, -0.2) is 26.0 Å². The van der Waals surface area contributed by atoms with Crippen molar-refractivity contribution in [1.29, 1.82) is 0 Å². The minimum atomic E-state index is -2.87. The van der Waals surface area contributed by atoms with Crippen molar-refractivity contribution in [3.63, 3.8) is 0 Å². The van der Waals surface area contributed by atoms with E-state index in [1.807, 2.05) is 0 Å². The summed E-state index contributed by atoms with van der Waals surface area (Å²) < 4.78 is 23.2. The summed E-state index contributed by atoms with van der Waals surface area (Å²) in [6.07, 6.45) is 4.18. The molecule has 0 atom stereocenters. The zero-order valence-electron chi connectivity index (χ0n) is 9.12. The summed E-state index contributed by atoms with van der Waals surface area (Å²) in [5.74, 6) is 0.307. The smallest absolute Gasteiger partial charge is 0.152 e. The van der Waals surface area contributed by atoms with E-state index in [9.17, 15) is 8.42 Å². The number of rotatable bonds is 5. The van der Waals surface area contributed by atoms with Crippen molar-refractivity contribution < 1.29 is 8.42 Å². The van der Waals surface area contributed by atoms with Gasteiger partial charge in [0.15, 0.2) is 9.84 Å². The molecule has 3 nitrogen and oxygen atoms in total. The Balaban J connectivity index is 2.47. The lowest BCUT2D eigenvalue weighted by Gasteiger charge is -2.41. The van der Waals surface area contributed by atoms with Crippen molar-refractivity contribution in [2.45, 2.75) is 44.8 Å². The van der Waals surface area contributed by atoms with Gasteiger partial charge in [0.25, 0.3) is 0 Å². The van der Waals surface area contributed by atoms with Gasteiger partial charge in [0, 0.05) is 0 Å². The second-order valence-corrected chi connectivity index (χ2v) is 7.40. The first-order chi connectivity index (χ1) is 6.42. The van der Waals surface area contributed by atoms with Crippen LogP contribution in [0.15, 0.2) is 0 Å². The predicted octanol–water partition coefficient (Wildman–Crippen LogP) is 1.33. The highest BCUT2D eigenvalue weighted by molar-refractivity contribution is 7.91. The molecule has 2 N–H and O–H groups in total. The summed E-state index contributed by atoms with van der Waals surface area (Å²) in [4.78, 5) is 0. The average Bonchev–Trinajstić information content (AvgIpc) is 2.02. The monoisotopic (exact) mass is 219 g/mol. The molecule has 0 unspecified atom stereocenters. The van der Waals surface area contributed by atoms with Gasteiger partial charge in [0.1, 0.15) is 0 Å². The molecule has 1 aliphatic carbocycles. The SMILES string of the molecule is CC(C)S(=O)(=O)CCC1(CN)CCC1. The number of hydrogen-bond donors (Lipinski definition) is 1. The van der Waals surface area contributed by atoms with E-state index >= 15 is 0 Å². The maximum Gasteiger partial charge on any atom is 0.152 e. The van der Waals surface area contributed by atoms with Crippen molar-refractivity contribution >= 4 is 9.84 Å². The van der Waals surface area contributed by atoms with Crippen molar-refractivity contribution in [2.75, 3.05) is 12.3 Å². The zero-order chi connectivity index (χ0) is 10.8. The fourth-order valence-electron chi connectivity index (χ4n) is 1.83. The number of nitrogens with two attached hydrogens (primary N) is 1. The first kappa shape index (κ1) is 12.0. The van der Waals surface area contributed by atoms with Gasteiger partial charge < -0.3 is 5.73 Å². The molecule has 0 bridgehead atoms. The Morgan fingerprint density at radius 3 is 2.21 bits per heavy atom. The third kappa shape index (κ3) is 2.48. The van der Waals surface area contributed by atoms with E-state index in [1.54, 1.807) is 13.8 Å². The van der Waals surface area contributed by atoms with Crippen molar-refractivity contribution in [3.05, 3.63) is 0 Å². The van der Waals surface area contributed by atoms with Crippen LogP contribution in [0.25, 0.3) is 0 Å². The van der Waals surface area contributed by atoms with Crippen LogP contribution in [-0.2, 0) is 9.84 Å². The summed E-state index contributed by atoms with van der Waals surface area (Å²) in [6.45, 7) is 4.12. The molecule has 0 amide bonds. The minimum absolute atomic E-state index is 0.155. The Bertz CT molecular complexity index is 273. The molecule has 1 aliphatic rings. The van der Waals surface area contributed by atoms with E-state index in [-0.39, 0.29) is 10.7 Å². The molecule has 0 saturated heterocycles. The van der Waals surface area contributed by atoms with Crippen LogP contribution in [0.3, 0.4) is 0 Å². The molecule has 14 heavy (non-hydrogen) atoms. The van der Waals surface area contributed by atoms with Gasteiger partial charge >= 0.3 is 0 Å². The van der Waals surface area contributed by atoms with E-state index in [4.69, 9.17) is 5.73 Å². The molecule has 1 saturated carbocycles. The van der Waals surface area contributed by atoms with Crippen LogP contribution in [0, 0.1) is 5.41 Å². The van der Waals surface area contributed by atoms with Gasteiger partial charge in [0.05, 0.1) is 11.0 Å².